The Labute approximate surface area is 97.5 Å². The van der Waals surface area contributed by atoms with E-state index >= 15 is 0 Å². The fourth-order valence-corrected chi connectivity index (χ4v) is 1.34. The van der Waals surface area contributed by atoms with Gasteiger partial charge in [0, 0.05) is 6.42 Å². The maximum atomic E-state index is 11.6. The third-order valence-electron chi connectivity index (χ3n) is 2.17. The van der Waals surface area contributed by atoms with Crippen LogP contribution in [0.5, 0.6) is 0 Å². The molecule has 1 aliphatic heterocycles. The number of hydrogen-bond donors (Lipinski definition) is 3. The maximum absolute atomic E-state index is 11.6. The molecule has 1 saturated heterocycles. The highest BCUT2D eigenvalue weighted by molar-refractivity contribution is 6.03. The Morgan fingerprint density at radius 2 is 2.29 bits per heavy atom. The van der Waals surface area contributed by atoms with E-state index in [4.69, 9.17) is 5.53 Å². The molecule has 3 N–H and O–H groups in total. The van der Waals surface area contributed by atoms with Gasteiger partial charge in [-0.15, -0.1) is 0 Å². The van der Waals surface area contributed by atoms with Gasteiger partial charge in [0.15, 0.2) is 0 Å². The van der Waals surface area contributed by atoms with Crippen LogP contribution in [0.15, 0.2) is 29.5 Å². The highest BCUT2D eigenvalue weighted by Gasteiger charge is 2.28. The SMILES string of the molecule is C=C/C=C(\N=N)C(=O)NC1CCC(=O)NC1=O. The van der Waals surface area contributed by atoms with Crippen LogP contribution in [0.4, 0.5) is 0 Å². The van der Waals surface area contributed by atoms with Crippen molar-refractivity contribution >= 4 is 17.7 Å². The van der Waals surface area contributed by atoms with E-state index in [9.17, 15) is 14.4 Å². The normalized spacial score (nSPS) is 20.5. The lowest BCUT2D eigenvalue weighted by Crippen LogP contribution is -2.52. The largest absolute Gasteiger partial charge is 0.339 e. The molecule has 0 radical (unpaired) electrons. The van der Waals surface area contributed by atoms with Gasteiger partial charge >= 0.3 is 0 Å². The van der Waals surface area contributed by atoms with Gasteiger partial charge in [-0.3, -0.25) is 19.7 Å². The van der Waals surface area contributed by atoms with Gasteiger partial charge < -0.3 is 5.32 Å². The molecule has 0 aliphatic carbocycles. The topological polar surface area (TPSA) is 111 Å². The van der Waals surface area contributed by atoms with Crippen molar-refractivity contribution in [3.63, 3.8) is 0 Å². The van der Waals surface area contributed by atoms with Crippen LogP contribution in [-0.2, 0) is 14.4 Å². The van der Waals surface area contributed by atoms with Crippen LogP contribution in [-0.4, -0.2) is 23.8 Å². The van der Waals surface area contributed by atoms with Crippen molar-refractivity contribution in [1.29, 1.82) is 5.53 Å². The quantitative estimate of drug-likeness (QED) is 0.276. The van der Waals surface area contributed by atoms with E-state index in [-0.39, 0.29) is 24.4 Å². The van der Waals surface area contributed by atoms with Crippen molar-refractivity contribution in [3.05, 3.63) is 24.4 Å². The molecule has 3 amide bonds. The van der Waals surface area contributed by atoms with E-state index in [1.807, 2.05) is 0 Å². The van der Waals surface area contributed by atoms with Gasteiger partial charge in [0.25, 0.3) is 5.91 Å². The Morgan fingerprint density at radius 3 is 2.82 bits per heavy atom. The molecule has 1 rings (SSSR count). The lowest BCUT2D eigenvalue weighted by atomic mass is 10.1. The maximum Gasteiger partial charge on any atom is 0.272 e. The molecule has 1 heterocycles. The lowest BCUT2D eigenvalue weighted by Gasteiger charge is -2.21. The molecule has 1 aliphatic rings. The van der Waals surface area contributed by atoms with Gasteiger partial charge in [0.05, 0.1) is 0 Å². The summed E-state index contributed by atoms with van der Waals surface area (Å²) in [5, 5.41) is 7.52. The van der Waals surface area contributed by atoms with E-state index in [0.29, 0.717) is 0 Å². The Kier molecular flexibility index (Phi) is 4.27. The van der Waals surface area contributed by atoms with Crippen molar-refractivity contribution in [2.45, 2.75) is 18.9 Å². The summed E-state index contributed by atoms with van der Waals surface area (Å²) < 4.78 is 0. The van der Waals surface area contributed by atoms with Gasteiger partial charge in [-0.1, -0.05) is 12.7 Å². The van der Waals surface area contributed by atoms with Gasteiger partial charge in [0.1, 0.15) is 11.7 Å². The molecule has 0 aromatic rings. The van der Waals surface area contributed by atoms with Gasteiger partial charge in [-0.25, -0.2) is 5.53 Å². The number of carbonyl (C=O) groups is 3. The summed E-state index contributed by atoms with van der Waals surface area (Å²) in [6, 6.07) is -0.768. The Balaban J connectivity index is 2.65. The molecule has 0 spiro atoms. The number of hydrogen-bond acceptors (Lipinski definition) is 5. The van der Waals surface area contributed by atoms with E-state index in [1.165, 1.54) is 12.2 Å². The molecule has 0 aromatic carbocycles. The number of piperidine rings is 1. The zero-order chi connectivity index (χ0) is 12.8. The number of rotatable bonds is 4. The fourth-order valence-electron chi connectivity index (χ4n) is 1.34. The first-order valence-corrected chi connectivity index (χ1v) is 4.93. The third-order valence-corrected chi connectivity index (χ3v) is 2.17. The minimum Gasteiger partial charge on any atom is -0.339 e. The molecular formula is C10H12N4O3. The van der Waals surface area contributed by atoms with E-state index in [0.717, 1.165) is 0 Å². The molecule has 0 aromatic heterocycles. The van der Waals surface area contributed by atoms with Gasteiger partial charge in [-0.2, -0.15) is 5.11 Å². The predicted octanol–water partition coefficient (Wildman–Crippen LogP) is 0.00867. The monoisotopic (exact) mass is 236 g/mol. The van der Waals surface area contributed by atoms with Gasteiger partial charge in [0.2, 0.25) is 11.8 Å². The summed E-state index contributed by atoms with van der Waals surface area (Å²) in [5.74, 6) is -1.54. The minimum atomic E-state index is -0.768. The Morgan fingerprint density at radius 1 is 1.59 bits per heavy atom. The number of allylic oxidation sites excluding steroid dienone is 2. The van der Waals surface area contributed by atoms with Crippen LogP contribution in [0, 0.1) is 5.53 Å². The molecule has 7 heteroatoms. The molecule has 1 unspecified atom stereocenters. The average Bonchev–Trinajstić information content (AvgIpc) is 2.29. The smallest absolute Gasteiger partial charge is 0.272 e. The van der Waals surface area contributed by atoms with Crippen molar-refractivity contribution in [2.24, 2.45) is 5.11 Å². The Bertz CT molecular complexity index is 414. The van der Waals surface area contributed by atoms with Crippen LogP contribution in [0.2, 0.25) is 0 Å². The summed E-state index contributed by atoms with van der Waals surface area (Å²) in [5.41, 5.74) is 6.64. The van der Waals surface area contributed by atoms with Crippen molar-refractivity contribution in [2.75, 3.05) is 0 Å². The third kappa shape index (κ3) is 3.33. The second kappa shape index (κ2) is 5.69. The first-order chi connectivity index (χ1) is 8.08. The number of nitrogens with one attached hydrogen (secondary N) is 3. The number of amides is 3. The van der Waals surface area contributed by atoms with Crippen molar-refractivity contribution in [1.82, 2.24) is 10.6 Å². The molecule has 17 heavy (non-hydrogen) atoms. The first kappa shape index (κ1) is 12.8. The molecule has 1 atom stereocenters. The molecule has 7 nitrogen and oxygen atoms in total. The second-order valence-electron chi connectivity index (χ2n) is 3.38. The van der Waals surface area contributed by atoms with Crippen LogP contribution in [0.1, 0.15) is 12.8 Å². The standard InChI is InChI=1S/C10H12N4O3/c1-2-3-7(14-11)10(17)12-6-4-5-8(15)13-9(6)16/h2-3,6,11H,1,4-5H2,(H,12,17)(H,13,15,16)/b7-3-,14-11?. The fraction of sp³-hybridized carbons (Fsp3) is 0.300. The average molecular weight is 236 g/mol. The minimum absolute atomic E-state index is 0.148. The van der Waals surface area contributed by atoms with Crippen LogP contribution in [0.25, 0.3) is 0 Å². The van der Waals surface area contributed by atoms with E-state index in [1.54, 1.807) is 0 Å². The number of nitrogens with zero attached hydrogens (tertiary/aromatic N) is 1. The summed E-state index contributed by atoms with van der Waals surface area (Å²) in [4.78, 5) is 33.8. The first-order valence-electron chi connectivity index (χ1n) is 4.93. The number of carbonyl (C=O) groups excluding carboxylic acids is 3. The second-order valence-corrected chi connectivity index (χ2v) is 3.38. The van der Waals surface area contributed by atoms with Crippen LogP contribution in [0.3, 0.4) is 0 Å². The van der Waals surface area contributed by atoms with E-state index < -0.39 is 17.9 Å². The van der Waals surface area contributed by atoms with Crippen molar-refractivity contribution < 1.29 is 14.4 Å². The summed E-state index contributed by atoms with van der Waals surface area (Å²) in [6.07, 6.45) is 3.00. The zero-order valence-corrected chi connectivity index (χ0v) is 9.03. The molecule has 0 bridgehead atoms. The lowest BCUT2D eigenvalue weighted by molar-refractivity contribution is -0.136. The van der Waals surface area contributed by atoms with E-state index in [2.05, 4.69) is 22.3 Å². The van der Waals surface area contributed by atoms with Crippen LogP contribution < -0.4 is 10.6 Å². The van der Waals surface area contributed by atoms with Crippen molar-refractivity contribution in [3.8, 4) is 0 Å². The Hall–Kier alpha value is -2.31. The molecule has 90 valence electrons. The number of imide groups is 1. The summed E-state index contributed by atoms with van der Waals surface area (Å²) in [6.45, 7) is 3.38. The highest BCUT2D eigenvalue weighted by Crippen LogP contribution is 2.06. The highest BCUT2D eigenvalue weighted by atomic mass is 16.2. The van der Waals surface area contributed by atoms with Gasteiger partial charge in [-0.05, 0) is 12.5 Å². The molecule has 0 saturated carbocycles. The van der Waals surface area contributed by atoms with Crippen LogP contribution >= 0.6 is 0 Å². The zero-order valence-electron chi connectivity index (χ0n) is 9.03. The predicted molar refractivity (Wildman–Crippen MR) is 57.7 cm³/mol. The summed E-state index contributed by atoms with van der Waals surface area (Å²) >= 11 is 0. The molecule has 1 fully saturated rings. The summed E-state index contributed by atoms with van der Waals surface area (Å²) in [7, 11) is 0. The molecular weight excluding hydrogens is 224 g/mol.